The molecular weight excluding hydrogens is 226 g/mol. The van der Waals surface area contributed by atoms with Gasteiger partial charge in [-0.2, -0.15) is 0 Å². The normalized spacial score (nSPS) is 12.4. The van der Waals surface area contributed by atoms with Crippen LogP contribution in [0.3, 0.4) is 0 Å². The van der Waals surface area contributed by atoms with Crippen LogP contribution in [0.4, 0.5) is 0 Å². The Labute approximate surface area is 108 Å². The second-order valence-corrected chi connectivity index (χ2v) is 4.61. The lowest BCUT2D eigenvalue weighted by Gasteiger charge is -2.12. The largest absolute Gasteiger partial charge is 0.491 e. The van der Waals surface area contributed by atoms with E-state index < -0.39 is 0 Å². The van der Waals surface area contributed by atoms with Crippen molar-refractivity contribution in [2.45, 2.75) is 26.8 Å². The van der Waals surface area contributed by atoms with Gasteiger partial charge in [0.2, 0.25) is 0 Å². The third kappa shape index (κ3) is 2.93. The highest BCUT2D eigenvalue weighted by Gasteiger charge is 2.11. The Morgan fingerprint density at radius 3 is 2.50 bits per heavy atom. The maximum Gasteiger partial charge on any atom is 0.124 e. The fourth-order valence-electron chi connectivity index (χ4n) is 1.72. The van der Waals surface area contributed by atoms with Gasteiger partial charge in [0.15, 0.2) is 0 Å². The van der Waals surface area contributed by atoms with Crippen LogP contribution in [0.2, 0.25) is 0 Å². The van der Waals surface area contributed by atoms with Crippen molar-refractivity contribution in [1.82, 2.24) is 0 Å². The van der Waals surface area contributed by atoms with Crippen molar-refractivity contribution in [3.05, 3.63) is 53.0 Å². The minimum Gasteiger partial charge on any atom is -0.491 e. The molecule has 0 saturated heterocycles. The Bertz CT molecular complexity index is 531. The van der Waals surface area contributed by atoms with Crippen LogP contribution >= 0.6 is 0 Å². The third-order valence-electron chi connectivity index (χ3n) is 3.03. The SMILES string of the molecule is Cc1ccc(C(N)COc2ccc(C)c(C)c2)o1. The van der Waals surface area contributed by atoms with Crippen molar-refractivity contribution in [2.75, 3.05) is 6.61 Å². The molecule has 0 bridgehead atoms. The molecule has 1 aromatic heterocycles. The van der Waals surface area contributed by atoms with Crippen LogP contribution in [0.25, 0.3) is 0 Å². The Balaban J connectivity index is 1.97. The summed E-state index contributed by atoms with van der Waals surface area (Å²) in [5.41, 5.74) is 8.48. The zero-order valence-corrected chi connectivity index (χ0v) is 11.1. The average Bonchev–Trinajstić information content (AvgIpc) is 2.77. The zero-order valence-electron chi connectivity index (χ0n) is 11.1. The summed E-state index contributed by atoms with van der Waals surface area (Å²) in [6, 6.07) is 9.60. The molecule has 0 aliphatic heterocycles. The number of ether oxygens (including phenoxy) is 1. The molecule has 2 rings (SSSR count). The fraction of sp³-hybridized carbons (Fsp3) is 0.333. The van der Waals surface area contributed by atoms with E-state index in [1.807, 2.05) is 37.3 Å². The van der Waals surface area contributed by atoms with Gasteiger partial charge in [-0.05, 0) is 56.2 Å². The van der Waals surface area contributed by atoms with Crippen molar-refractivity contribution < 1.29 is 9.15 Å². The van der Waals surface area contributed by atoms with Crippen molar-refractivity contribution in [3.8, 4) is 5.75 Å². The molecule has 0 aliphatic carbocycles. The van der Waals surface area contributed by atoms with E-state index in [1.165, 1.54) is 11.1 Å². The zero-order chi connectivity index (χ0) is 13.1. The molecule has 0 amide bonds. The topological polar surface area (TPSA) is 48.4 Å². The molecule has 2 N–H and O–H groups in total. The van der Waals surface area contributed by atoms with Crippen molar-refractivity contribution in [3.63, 3.8) is 0 Å². The lowest BCUT2D eigenvalue weighted by molar-refractivity contribution is 0.271. The first-order valence-electron chi connectivity index (χ1n) is 6.08. The molecule has 0 aliphatic rings. The molecule has 1 aromatic carbocycles. The van der Waals surface area contributed by atoms with Crippen molar-refractivity contribution >= 4 is 0 Å². The van der Waals surface area contributed by atoms with Gasteiger partial charge in [0.05, 0.1) is 6.04 Å². The van der Waals surface area contributed by atoms with Crippen molar-refractivity contribution in [1.29, 1.82) is 0 Å². The first kappa shape index (κ1) is 12.7. The second-order valence-electron chi connectivity index (χ2n) is 4.61. The van der Waals surface area contributed by atoms with Crippen LogP contribution in [0, 0.1) is 20.8 Å². The summed E-state index contributed by atoms with van der Waals surface area (Å²) in [4.78, 5) is 0. The van der Waals surface area contributed by atoms with Gasteiger partial charge in [-0.3, -0.25) is 0 Å². The number of furan rings is 1. The molecule has 18 heavy (non-hydrogen) atoms. The van der Waals surface area contributed by atoms with Gasteiger partial charge < -0.3 is 14.9 Å². The Kier molecular flexibility index (Phi) is 3.72. The van der Waals surface area contributed by atoms with Crippen LogP contribution in [0.15, 0.2) is 34.7 Å². The van der Waals surface area contributed by atoms with Gasteiger partial charge in [-0.25, -0.2) is 0 Å². The number of nitrogens with two attached hydrogens (primary N) is 1. The molecular formula is C15H19NO2. The maximum absolute atomic E-state index is 6.01. The average molecular weight is 245 g/mol. The fourth-order valence-corrected chi connectivity index (χ4v) is 1.72. The second kappa shape index (κ2) is 5.27. The van der Waals surface area contributed by atoms with Gasteiger partial charge in [-0.1, -0.05) is 6.07 Å². The predicted octanol–water partition coefficient (Wildman–Crippen LogP) is 3.28. The first-order valence-corrected chi connectivity index (χ1v) is 6.08. The molecule has 0 radical (unpaired) electrons. The molecule has 0 fully saturated rings. The highest BCUT2D eigenvalue weighted by atomic mass is 16.5. The number of rotatable bonds is 4. The van der Waals surface area contributed by atoms with E-state index in [2.05, 4.69) is 13.8 Å². The summed E-state index contributed by atoms with van der Waals surface area (Å²) in [5.74, 6) is 2.47. The van der Waals surface area contributed by atoms with E-state index in [-0.39, 0.29) is 6.04 Å². The van der Waals surface area contributed by atoms with Crippen LogP contribution in [0.1, 0.15) is 28.7 Å². The highest BCUT2D eigenvalue weighted by molar-refractivity contribution is 5.33. The van der Waals surface area contributed by atoms with Gasteiger partial charge in [0.25, 0.3) is 0 Å². The van der Waals surface area contributed by atoms with E-state index >= 15 is 0 Å². The molecule has 1 unspecified atom stereocenters. The number of benzene rings is 1. The van der Waals surface area contributed by atoms with E-state index in [0.717, 1.165) is 17.3 Å². The van der Waals surface area contributed by atoms with E-state index in [1.54, 1.807) is 0 Å². The predicted molar refractivity (Wildman–Crippen MR) is 71.8 cm³/mol. The Morgan fingerprint density at radius 2 is 1.89 bits per heavy atom. The first-order chi connectivity index (χ1) is 8.56. The summed E-state index contributed by atoms with van der Waals surface area (Å²) in [7, 11) is 0. The van der Waals surface area contributed by atoms with Gasteiger partial charge in [0.1, 0.15) is 23.9 Å². The molecule has 1 atom stereocenters. The highest BCUT2D eigenvalue weighted by Crippen LogP contribution is 2.19. The minimum atomic E-state index is -0.236. The number of hydrogen-bond donors (Lipinski definition) is 1. The Hall–Kier alpha value is -1.74. The van der Waals surface area contributed by atoms with Gasteiger partial charge in [0, 0.05) is 0 Å². The Morgan fingerprint density at radius 1 is 1.11 bits per heavy atom. The molecule has 1 heterocycles. The third-order valence-corrected chi connectivity index (χ3v) is 3.03. The summed E-state index contributed by atoms with van der Waals surface area (Å²) < 4.78 is 11.2. The summed E-state index contributed by atoms with van der Waals surface area (Å²) >= 11 is 0. The van der Waals surface area contributed by atoms with Crippen LogP contribution < -0.4 is 10.5 Å². The van der Waals surface area contributed by atoms with E-state index in [9.17, 15) is 0 Å². The van der Waals surface area contributed by atoms with E-state index in [4.69, 9.17) is 14.9 Å². The summed E-state index contributed by atoms with van der Waals surface area (Å²) in [6.07, 6.45) is 0. The van der Waals surface area contributed by atoms with Crippen LogP contribution in [-0.2, 0) is 0 Å². The van der Waals surface area contributed by atoms with Crippen LogP contribution in [-0.4, -0.2) is 6.61 Å². The molecule has 0 saturated carbocycles. The summed E-state index contributed by atoms with van der Waals surface area (Å²) in [5, 5.41) is 0. The summed E-state index contributed by atoms with van der Waals surface area (Å²) in [6.45, 7) is 6.46. The standard InChI is InChI=1S/C15H19NO2/c1-10-4-6-13(8-11(10)2)17-9-14(16)15-7-5-12(3)18-15/h4-8,14H,9,16H2,1-3H3. The van der Waals surface area contributed by atoms with Gasteiger partial charge >= 0.3 is 0 Å². The lowest BCUT2D eigenvalue weighted by Crippen LogP contribution is -2.18. The lowest BCUT2D eigenvalue weighted by atomic mass is 10.1. The minimum absolute atomic E-state index is 0.236. The molecule has 3 nitrogen and oxygen atoms in total. The van der Waals surface area contributed by atoms with Crippen molar-refractivity contribution in [2.24, 2.45) is 5.73 Å². The molecule has 3 heteroatoms. The quantitative estimate of drug-likeness (QED) is 0.899. The maximum atomic E-state index is 6.01. The number of aryl methyl sites for hydroxylation is 3. The van der Waals surface area contributed by atoms with Gasteiger partial charge in [-0.15, -0.1) is 0 Å². The monoisotopic (exact) mass is 245 g/mol. The number of hydrogen-bond acceptors (Lipinski definition) is 3. The smallest absolute Gasteiger partial charge is 0.124 e. The molecule has 0 spiro atoms. The van der Waals surface area contributed by atoms with Crippen LogP contribution in [0.5, 0.6) is 5.75 Å². The van der Waals surface area contributed by atoms with E-state index in [0.29, 0.717) is 6.61 Å². The molecule has 2 aromatic rings. The molecule has 96 valence electrons.